The van der Waals surface area contributed by atoms with Crippen molar-refractivity contribution >= 4 is 28.3 Å². The lowest BCUT2D eigenvalue weighted by Gasteiger charge is -2.34. The van der Waals surface area contributed by atoms with E-state index in [4.69, 9.17) is 0 Å². The van der Waals surface area contributed by atoms with Crippen molar-refractivity contribution in [1.82, 2.24) is 15.0 Å². The molecule has 3 aromatic rings. The highest BCUT2D eigenvalue weighted by molar-refractivity contribution is 5.88. The number of para-hydroxylation sites is 1. The van der Waals surface area contributed by atoms with Crippen molar-refractivity contribution in [3.05, 3.63) is 48.9 Å². The minimum atomic E-state index is -0.141. The Hall–Kier alpha value is -2.89. The molecule has 1 saturated heterocycles. The SMILES string of the molecule is CC(C)C[C@@H](Nc1ccccc1)C(=O)C[C@@H]1CCCN(c2ncnc3[nH]ccc23)C1. The van der Waals surface area contributed by atoms with Crippen molar-refractivity contribution in [1.29, 1.82) is 0 Å². The lowest BCUT2D eigenvalue weighted by molar-refractivity contribution is -0.121. The fourth-order valence-electron chi connectivity index (χ4n) is 4.44. The number of carbonyl (C=O) groups excluding carboxylic acids is 1. The molecule has 2 N–H and O–H groups in total. The molecule has 0 amide bonds. The number of Topliss-reactive ketones (excluding diaryl/α,β-unsaturated/α-hetero) is 1. The van der Waals surface area contributed by atoms with Gasteiger partial charge in [-0.25, -0.2) is 9.97 Å². The Kier molecular flexibility index (Phi) is 6.31. The molecule has 0 spiro atoms. The van der Waals surface area contributed by atoms with E-state index in [2.05, 4.69) is 39.0 Å². The Morgan fingerprint density at radius 1 is 1.23 bits per heavy atom. The number of aromatic amines is 1. The van der Waals surface area contributed by atoms with Crippen molar-refractivity contribution in [2.75, 3.05) is 23.3 Å². The summed E-state index contributed by atoms with van der Waals surface area (Å²) in [6.07, 6.45) is 7.14. The number of hydrogen-bond donors (Lipinski definition) is 2. The summed E-state index contributed by atoms with van der Waals surface area (Å²) in [6.45, 7) is 6.18. The molecule has 1 fully saturated rings. The smallest absolute Gasteiger partial charge is 0.155 e. The highest BCUT2D eigenvalue weighted by Crippen LogP contribution is 2.29. The molecule has 3 heterocycles. The van der Waals surface area contributed by atoms with Gasteiger partial charge in [-0.2, -0.15) is 0 Å². The number of piperidine rings is 1. The second-order valence-corrected chi connectivity index (χ2v) is 8.75. The Labute approximate surface area is 178 Å². The number of anilines is 2. The second kappa shape index (κ2) is 9.28. The van der Waals surface area contributed by atoms with Crippen LogP contribution < -0.4 is 10.2 Å². The van der Waals surface area contributed by atoms with Crippen LogP contribution in [-0.4, -0.2) is 39.9 Å². The maximum atomic E-state index is 13.3. The van der Waals surface area contributed by atoms with Crippen LogP contribution in [0, 0.1) is 11.8 Å². The van der Waals surface area contributed by atoms with Gasteiger partial charge in [-0.1, -0.05) is 32.0 Å². The molecule has 1 aliphatic heterocycles. The zero-order valence-electron chi connectivity index (χ0n) is 17.8. The molecule has 0 saturated carbocycles. The highest BCUT2D eigenvalue weighted by Gasteiger charge is 2.28. The zero-order chi connectivity index (χ0) is 20.9. The first-order valence-electron chi connectivity index (χ1n) is 11.0. The van der Waals surface area contributed by atoms with E-state index in [-0.39, 0.29) is 6.04 Å². The van der Waals surface area contributed by atoms with Crippen molar-refractivity contribution in [2.24, 2.45) is 11.8 Å². The van der Waals surface area contributed by atoms with Crippen molar-refractivity contribution < 1.29 is 4.79 Å². The molecule has 30 heavy (non-hydrogen) atoms. The Morgan fingerprint density at radius 3 is 2.87 bits per heavy atom. The second-order valence-electron chi connectivity index (χ2n) is 8.75. The number of aromatic nitrogens is 3. The molecular formula is C24H31N5O. The summed E-state index contributed by atoms with van der Waals surface area (Å²) in [5, 5.41) is 4.52. The summed E-state index contributed by atoms with van der Waals surface area (Å²) in [7, 11) is 0. The van der Waals surface area contributed by atoms with E-state index in [1.165, 1.54) is 0 Å². The Morgan fingerprint density at radius 2 is 2.07 bits per heavy atom. The van der Waals surface area contributed by atoms with Gasteiger partial charge in [0.15, 0.2) is 5.78 Å². The summed E-state index contributed by atoms with van der Waals surface area (Å²) in [6, 6.07) is 11.9. The predicted octanol–water partition coefficient (Wildman–Crippen LogP) is 4.66. The zero-order valence-corrected chi connectivity index (χ0v) is 17.8. The van der Waals surface area contributed by atoms with E-state index in [9.17, 15) is 4.79 Å². The molecule has 0 unspecified atom stereocenters. The average Bonchev–Trinajstić information content (AvgIpc) is 3.23. The molecule has 1 aromatic carbocycles. The number of rotatable bonds is 8. The molecule has 1 aliphatic rings. The molecule has 6 nitrogen and oxygen atoms in total. The van der Waals surface area contributed by atoms with Crippen LogP contribution in [0.5, 0.6) is 0 Å². The number of benzene rings is 1. The minimum absolute atomic E-state index is 0.141. The molecule has 0 radical (unpaired) electrons. The molecule has 2 atom stereocenters. The van der Waals surface area contributed by atoms with E-state index in [1.807, 2.05) is 42.6 Å². The fraction of sp³-hybridized carbons (Fsp3) is 0.458. The van der Waals surface area contributed by atoms with Crippen LogP contribution >= 0.6 is 0 Å². The van der Waals surface area contributed by atoms with E-state index < -0.39 is 0 Å². The molecular weight excluding hydrogens is 374 g/mol. The van der Waals surface area contributed by atoms with Crippen LogP contribution in [0.4, 0.5) is 11.5 Å². The van der Waals surface area contributed by atoms with Crippen molar-refractivity contribution in [3.63, 3.8) is 0 Å². The van der Waals surface area contributed by atoms with Crippen LogP contribution in [0.2, 0.25) is 0 Å². The van der Waals surface area contributed by atoms with Crippen LogP contribution in [0.3, 0.4) is 0 Å². The lowest BCUT2D eigenvalue weighted by Crippen LogP contribution is -2.39. The van der Waals surface area contributed by atoms with E-state index >= 15 is 0 Å². The monoisotopic (exact) mass is 405 g/mol. The normalized spacial score (nSPS) is 18.0. The van der Waals surface area contributed by atoms with Gasteiger partial charge in [-0.05, 0) is 49.3 Å². The summed E-state index contributed by atoms with van der Waals surface area (Å²) >= 11 is 0. The first kappa shape index (κ1) is 20.4. The van der Waals surface area contributed by atoms with Gasteiger partial charge in [0.25, 0.3) is 0 Å². The topological polar surface area (TPSA) is 73.9 Å². The van der Waals surface area contributed by atoms with Gasteiger partial charge >= 0.3 is 0 Å². The van der Waals surface area contributed by atoms with Gasteiger partial charge in [-0.15, -0.1) is 0 Å². The fourth-order valence-corrected chi connectivity index (χ4v) is 4.44. The van der Waals surface area contributed by atoms with Gasteiger partial charge in [0, 0.05) is 31.4 Å². The van der Waals surface area contributed by atoms with E-state index in [0.717, 1.165) is 54.9 Å². The molecule has 0 aliphatic carbocycles. The lowest BCUT2D eigenvalue weighted by atomic mass is 9.88. The molecule has 4 rings (SSSR count). The molecule has 0 bridgehead atoms. The Balaban J connectivity index is 1.44. The molecule has 158 valence electrons. The van der Waals surface area contributed by atoms with Gasteiger partial charge in [0.1, 0.15) is 17.8 Å². The van der Waals surface area contributed by atoms with Crippen molar-refractivity contribution in [3.8, 4) is 0 Å². The van der Waals surface area contributed by atoms with Gasteiger partial charge < -0.3 is 15.2 Å². The number of nitrogens with one attached hydrogen (secondary N) is 2. The summed E-state index contributed by atoms with van der Waals surface area (Å²) in [5.74, 6) is 2.09. The highest BCUT2D eigenvalue weighted by atomic mass is 16.1. The number of ketones is 1. The third kappa shape index (κ3) is 4.81. The summed E-state index contributed by atoms with van der Waals surface area (Å²) in [4.78, 5) is 27.6. The summed E-state index contributed by atoms with van der Waals surface area (Å²) in [5.41, 5.74) is 1.87. The van der Waals surface area contributed by atoms with Crippen LogP contribution in [0.1, 0.15) is 39.5 Å². The largest absolute Gasteiger partial charge is 0.375 e. The third-order valence-corrected chi connectivity index (χ3v) is 5.85. The standard InChI is InChI=1S/C24H31N5O/c1-17(2)13-21(28-19-8-4-3-5-9-19)22(30)14-18-7-6-12-29(15-18)24-20-10-11-25-23(20)26-16-27-24/h3-5,8-11,16-18,21,28H,6-7,12-15H2,1-2H3,(H,25,26,27)/t18-,21+/m0/s1. The number of nitrogens with zero attached hydrogens (tertiary/aromatic N) is 3. The molecule has 6 heteroatoms. The van der Waals surface area contributed by atoms with Gasteiger partial charge in [-0.3, -0.25) is 4.79 Å². The average molecular weight is 406 g/mol. The van der Waals surface area contributed by atoms with E-state index in [0.29, 0.717) is 24.0 Å². The van der Waals surface area contributed by atoms with E-state index in [1.54, 1.807) is 6.33 Å². The Bertz CT molecular complexity index is 968. The van der Waals surface area contributed by atoms with Gasteiger partial charge in [0.2, 0.25) is 0 Å². The quantitative estimate of drug-likeness (QED) is 0.570. The number of hydrogen-bond acceptors (Lipinski definition) is 5. The van der Waals surface area contributed by atoms with Gasteiger partial charge in [0.05, 0.1) is 11.4 Å². The third-order valence-electron chi connectivity index (χ3n) is 5.85. The maximum Gasteiger partial charge on any atom is 0.155 e. The maximum absolute atomic E-state index is 13.3. The van der Waals surface area contributed by atoms with Crippen molar-refractivity contribution in [2.45, 2.75) is 45.6 Å². The number of fused-ring (bicyclic) bond motifs is 1. The summed E-state index contributed by atoms with van der Waals surface area (Å²) < 4.78 is 0. The van der Waals surface area contributed by atoms with Crippen LogP contribution in [0.25, 0.3) is 11.0 Å². The van der Waals surface area contributed by atoms with Crippen LogP contribution in [-0.2, 0) is 4.79 Å². The van der Waals surface area contributed by atoms with Crippen LogP contribution in [0.15, 0.2) is 48.9 Å². The minimum Gasteiger partial charge on any atom is -0.375 e. The molecule has 2 aromatic heterocycles. The first-order valence-corrected chi connectivity index (χ1v) is 11.0. The first-order chi connectivity index (χ1) is 14.6. The predicted molar refractivity (Wildman–Crippen MR) is 122 cm³/mol. The number of H-pyrrole nitrogens is 1. The number of carbonyl (C=O) groups is 1.